The number of nitrogens with zero attached hydrogens (tertiary/aromatic N) is 2. The summed E-state index contributed by atoms with van der Waals surface area (Å²) in [6.07, 6.45) is 0. The van der Waals surface area contributed by atoms with Gasteiger partial charge in [-0.25, -0.2) is 4.68 Å². The minimum atomic E-state index is -0.249. The highest BCUT2D eigenvalue weighted by molar-refractivity contribution is 5.92. The van der Waals surface area contributed by atoms with Gasteiger partial charge in [0.05, 0.1) is 5.69 Å². The normalized spacial score (nSPS) is 18.5. The summed E-state index contributed by atoms with van der Waals surface area (Å²) in [5.74, 6) is 0.248. The van der Waals surface area contributed by atoms with E-state index >= 15 is 0 Å². The Morgan fingerprint density at radius 3 is 2.45 bits per heavy atom. The Morgan fingerprint density at radius 2 is 1.79 bits per heavy atom. The predicted molar refractivity (Wildman–Crippen MR) is 116 cm³/mol. The van der Waals surface area contributed by atoms with Gasteiger partial charge in [-0.05, 0) is 37.1 Å². The maximum atomic E-state index is 13.0. The molecule has 7 heteroatoms. The second-order valence-electron chi connectivity index (χ2n) is 7.40. The molecule has 1 aromatic heterocycles. The van der Waals surface area contributed by atoms with Crippen LogP contribution in [0.2, 0.25) is 0 Å². The minimum Gasteiger partial charge on any atom is -0.336 e. The molecule has 152 valence electrons. The lowest BCUT2D eigenvalue weighted by molar-refractivity contribution is 0.0780. The fourth-order valence-electron chi connectivity index (χ4n) is 3.92. The number of H-pyrrole nitrogens is 1. The van der Waals surface area contributed by atoms with Crippen LogP contribution in [0.1, 0.15) is 27.5 Å². The van der Waals surface area contributed by atoms with E-state index in [2.05, 4.69) is 17.2 Å². The van der Waals surface area contributed by atoms with Crippen LogP contribution in [-0.2, 0) is 0 Å². The number of nitrogens with one attached hydrogen (secondary N) is 1. The summed E-state index contributed by atoms with van der Waals surface area (Å²) in [6, 6.07) is 19.1. The first-order valence-corrected chi connectivity index (χ1v) is 9.50. The molecular weight excluding hydrogens is 388 g/mol. The Morgan fingerprint density at radius 1 is 1.10 bits per heavy atom. The second kappa shape index (κ2) is 8.68. The number of aryl methyl sites for hydroxylation is 1. The molecule has 0 saturated carbocycles. The quantitative estimate of drug-likeness (QED) is 0.691. The SMILES string of the molecule is Cc1ccc(-n2[nH]c(C(=O)N3C[C@@H](CN)[C@H](c4ccccc4)C3)cc2=O)cc1.Cl. The summed E-state index contributed by atoms with van der Waals surface area (Å²) < 4.78 is 1.40. The highest BCUT2D eigenvalue weighted by Crippen LogP contribution is 2.32. The lowest BCUT2D eigenvalue weighted by Gasteiger charge is -2.16. The number of hydrogen-bond acceptors (Lipinski definition) is 3. The Hall–Kier alpha value is -2.83. The Balaban J connectivity index is 0.00000240. The maximum absolute atomic E-state index is 13.0. The average Bonchev–Trinajstić information content (AvgIpc) is 3.32. The highest BCUT2D eigenvalue weighted by atomic mass is 35.5. The largest absolute Gasteiger partial charge is 0.336 e. The van der Waals surface area contributed by atoms with Gasteiger partial charge >= 0.3 is 0 Å². The van der Waals surface area contributed by atoms with Gasteiger partial charge in [-0.2, -0.15) is 0 Å². The minimum absolute atomic E-state index is 0. The zero-order chi connectivity index (χ0) is 19.7. The standard InChI is InChI=1S/C22H24N4O2.ClH/c1-15-7-9-18(10-8-15)26-21(27)11-20(24-26)22(28)25-13-17(12-23)19(14-25)16-5-3-2-4-6-16;/h2-11,17,19,24H,12-14,23H2,1H3;1H/t17-,19+;/m1./s1. The van der Waals surface area contributed by atoms with Gasteiger partial charge in [0.25, 0.3) is 11.5 Å². The van der Waals surface area contributed by atoms with Crippen molar-refractivity contribution in [3.05, 3.63) is 87.8 Å². The number of hydrogen-bond donors (Lipinski definition) is 2. The van der Waals surface area contributed by atoms with Crippen molar-refractivity contribution in [2.24, 2.45) is 11.7 Å². The molecule has 0 radical (unpaired) electrons. The molecule has 0 aliphatic carbocycles. The molecule has 4 rings (SSSR count). The third-order valence-corrected chi connectivity index (χ3v) is 5.50. The maximum Gasteiger partial charge on any atom is 0.271 e. The topological polar surface area (TPSA) is 84.1 Å². The van der Waals surface area contributed by atoms with Gasteiger partial charge in [0.1, 0.15) is 5.69 Å². The van der Waals surface area contributed by atoms with Crippen LogP contribution in [-0.4, -0.2) is 40.2 Å². The number of halogens is 1. The number of aromatic amines is 1. The zero-order valence-corrected chi connectivity index (χ0v) is 17.1. The van der Waals surface area contributed by atoms with Gasteiger partial charge in [-0.15, -0.1) is 12.4 Å². The number of aromatic nitrogens is 2. The van der Waals surface area contributed by atoms with Crippen molar-refractivity contribution in [1.29, 1.82) is 0 Å². The number of carbonyl (C=O) groups excluding carboxylic acids is 1. The molecule has 1 aliphatic heterocycles. The monoisotopic (exact) mass is 412 g/mol. The first-order chi connectivity index (χ1) is 13.6. The average molecular weight is 413 g/mol. The molecular formula is C22H25ClN4O2. The zero-order valence-electron chi connectivity index (χ0n) is 16.2. The van der Waals surface area contributed by atoms with Crippen molar-refractivity contribution in [2.45, 2.75) is 12.8 Å². The van der Waals surface area contributed by atoms with E-state index in [1.54, 1.807) is 4.90 Å². The van der Waals surface area contributed by atoms with Gasteiger partial charge in [0.2, 0.25) is 0 Å². The van der Waals surface area contributed by atoms with Crippen LogP contribution < -0.4 is 11.3 Å². The molecule has 1 fully saturated rings. The fourth-order valence-corrected chi connectivity index (χ4v) is 3.92. The first-order valence-electron chi connectivity index (χ1n) is 9.50. The van der Waals surface area contributed by atoms with Crippen molar-refractivity contribution in [2.75, 3.05) is 19.6 Å². The van der Waals surface area contributed by atoms with E-state index in [1.165, 1.54) is 16.3 Å². The summed E-state index contributed by atoms with van der Waals surface area (Å²) in [7, 11) is 0. The number of rotatable bonds is 4. The molecule has 6 nitrogen and oxygen atoms in total. The van der Waals surface area contributed by atoms with Crippen LogP contribution in [0.15, 0.2) is 65.5 Å². The molecule has 0 unspecified atom stereocenters. The smallest absolute Gasteiger partial charge is 0.271 e. The van der Waals surface area contributed by atoms with E-state index in [0.29, 0.717) is 31.0 Å². The predicted octanol–water partition coefficient (Wildman–Crippen LogP) is 2.71. The number of carbonyl (C=O) groups is 1. The molecule has 3 N–H and O–H groups in total. The number of amides is 1. The van der Waals surface area contributed by atoms with Gasteiger partial charge in [0, 0.05) is 25.1 Å². The van der Waals surface area contributed by atoms with Crippen LogP contribution in [0, 0.1) is 12.8 Å². The van der Waals surface area contributed by atoms with Crippen LogP contribution in [0.5, 0.6) is 0 Å². The molecule has 2 heterocycles. The summed E-state index contributed by atoms with van der Waals surface area (Å²) >= 11 is 0. The van der Waals surface area contributed by atoms with Crippen molar-refractivity contribution in [3.8, 4) is 5.69 Å². The first kappa shape index (κ1) is 20.9. The van der Waals surface area contributed by atoms with E-state index in [4.69, 9.17) is 5.73 Å². The molecule has 3 aromatic rings. The van der Waals surface area contributed by atoms with Gasteiger partial charge in [0.15, 0.2) is 0 Å². The molecule has 0 bridgehead atoms. The Kier molecular flexibility index (Phi) is 6.25. The lowest BCUT2D eigenvalue weighted by Crippen LogP contribution is -2.30. The van der Waals surface area contributed by atoms with Crippen molar-refractivity contribution < 1.29 is 4.79 Å². The fraction of sp³-hybridized carbons (Fsp3) is 0.273. The summed E-state index contributed by atoms with van der Waals surface area (Å²) in [5, 5.41) is 2.96. The highest BCUT2D eigenvalue weighted by Gasteiger charge is 2.36. The Labute approximate surface area is 175 Å². The van der Waals surface area contributed by atoms with Gasteiger partial charge in [-0.1, -0.05) is 48.0 Å². The van der Waals surface area contributed by atoms with Crippen LogP contribution in [0.3, 0.4) is 0 Å². The van der Waals surface area contributed by atoms with E-state index in [9.17, 15) is 9.59 Å². The molecule has 1 saturated heterocycles. The number of nitrogens with two attached hydrogens (primary N) is 1. The summed E-state index contributed by atoms with van der Waals surface area (Å²) in [6.45, 7) is 3.69. The van der Waals surface area contributed by atoms with Crippen molar-refractivity contribution in [3.63, 3.8) is 0 Å². The third-order valence-electron chi connectivity index (χ3n) is 5.50. The number of likely N-dealkylation sites (tertiary alicyclic amines) is 1. The molecule has 2 atom stereocenters. The van der Waals surface area contributed by atoms with E-state index in [-0.39, 0.29) is 35.7 Å². The molecule has 2 aromatic carbocycles. The molecule has 1 aliphatic rings. The Bertz CT molecular complexity index is 1030. The van der Waals surface area contributed by atoms with E-state index < -0.39 is 0 Å². The van der Waals surface area contributed by atoms with Crippen molar-refractivity contribution >= 4 is 18.3 Å². The van der Waals surface area contributed by atoms with Crippen LogP contribution >= 0.6 is 12.4 Å². The third kappa shape index (κ3) is 4.13. The van der Waals surface area contributed by atoms with Gasteiger partial charge < -0.3 is 10.6 Å². The van der Waals surface area contributed by atoms with Crippen LogP contribution in [0.4, 0.5) is 0 Å². The van der Waals surface area contributed by atoms with Crippen LogP contribution in [0.25, 0.3) is 5.69 Å². The van der Waals surface area contributed by atoms with Gasteiger partial charge in [-0.3, -0.25) is 14.7 Å². The molecule has 29 heavy (non-hydrogen) atoms. The lowest BCUT2D eigenvalue weighted by atomic mass is 9.89. The number of benzene rings is 2. The van der Waals surface area contributed by atoms with E-state index in [1.807, 2.05) is 49.4 Å². The summed E-state index contributed by atoms with van der Waals surface area (Å²) in [4.78, 5) is 27.2. The molecule has 0 spiro atoms. The summed E-state index contributed by atoms with van der Waals surface area (Å²) in [5.41, 5.74) is 9.04. The second-order valence-corrected chi connectivity index (χ2v) is 7.40. The molecule has 1 amide bonds. The van der Waals surface area contributed by atoms with E-state index in [0.717, 1.165) is 5.56 Å². The van der Waals surface area contributed by atoms with Crippen molar-refractivity contribution in [1.82, 2.24) is 14.7 Å².